The molecule has 0 unspecified atom stereocenters. The minimum absolute atomic E-state index is 0.804. The van der Waals surface area contributed by atoms with Gasteiger partial charge >= 0.3 is 0 Å². The Morgan fingerprint density at radius 2 is 1.07 bits per heavy atom. The van der Waals surface area contributed by atoms with E-state index in [2.05, 4.69) is 48.1 Å². The van der Waals surface area contributed by atoms with Gasteiger partial charge in [0.1, 0.15) is 5.75 Å². The third kappa shape index (κ3) is 14.7. The van der Waals surface area contributed by atoms with E-state index in [0.29, 0.717) is 0 Å². The fourth-order valence-corrected chi connectivity index (χ4v) is 6.56. The summed E-state index contributed by atoms with van der Waals surface area (Å²) in [6.45, 7) is 5.40. The molecule has 41 heavy (non-hydrogen) atoms. The van der Waals surface area contributed by atoms with Gasteiger partial charge in [-0.05, 0) is 67.3 Å². The summed E-state index contributed by atoms with van der Waals surface area (Å²) in [5, 5.41) is 0. The van der Waals surface area contributed by atoms with Crippen LogP contribution in [-0.4, -0.2) is 16.6 Å². The fourth-order valence-electron chi connectivity index (χ4n) is 6.56. The monoisotopic (exact) mass is 562 g/mol. The average molecular weight is 563 g/mol. The Morgan fingerprint density at radius 1 is 0.585 bits per heavy atom. The highest BCUT2D eigenvalue weighted by Crippen LogP contribution is 2.34. The third-order valence-electron chi connectivity index (χ3n) is 9.34. The topological polar surface area (TPSA) is 35.0 Å². The van der Waals surface area contributed by atoms with Gasteiger partial charge in [-0.25, -0.2) is 9.97 Å². The smallest absolute Gasteiger partial charge is 0.159 e. The van der Waals surface area contributed by atoms with E-state index in [1.54, 1.807) is 0 Å². The number of ether oxygens (including phenoxy) is 1. The maximum Gasteiger partial charge on any atom is 0.159 e. The van der Waals surface area contributed by atoms with E-state index in [0.717, 1.165) is 42.0 Å². The molecule has 1 saturated carbocycles. The van der Waals surface area contributed by atoms with Gasteiger partial charge in [0.05, 0.1) is 6.61 Å². The first-order valence-electron chi connectivity index (χ1n) is 17.8. The van der Waals surface area contributed by atoms with Crippen molar-refractivity contribution in [1.29, 1.82) is 0 Å². The number of aryl methyl sites for hydroxylation is 1. The molecule has 2 aromatic rings. The molecule has 0 radical (unpaired) electrons. The van der Waals surface area contributed by atoms with Crippen molar-refractivity contribution in [2.75, 3.05) is 6.61 Å². The second-order valence-electron chi connectivity index (χ2n) is 13.0. The molecule has 1 heterocycles. The summed E-state index contributed by atoms with van der Waals surface area (Å²) >= 11 is 0. The van der Waals surface area contributed by atoms with Gasteiger partial charge in [0, 0.05) is 18.0 Å². The van der Waals surface area contributed by atoms with Gasteiger partial charge in [0.2, 0.25) is 0 Å². The van der Waals surface area contributed by atoms with Crippen LogP contribution < -0.4 is 4.74 Å². The zero-order valence-corrected chi connectivity index (χ0v) is 26.9. The van der Waals surface area contributed by atoms with Crippen molar-refractivity contribution in [2.24, 2.45) is 11.8 Å². The highest BCUT2D eigenvalue weighted by molar-refractivity contribution is 5.55. The van der Waals surface area contributed by atoms with Crippen molar-refractivity contribution >= 4 is 0 Å². The molecule has 230 valence electrons. The van der Waals surface area contributed by atoms with Crippen molar-refractivity contribution in [2.45, 2.75) is 162 Å². The van der Waals surface area contributed by atoms with Crippen LogP contribution in [0.3, 0.4) is 0 Å². The molecule has 0 saturated heterocycles. The fraction of sp³-hybridized carbons (Fsp3) is 0.737. The zero-order valence-electron chi connectivity index (χ0n) is 26.9. The predicted octanol–water partition coefficient (Wildman–Crippen LogP) is 11.9. The average Bonchev–Trinajstić information content (AvgIpc) is 3.01. The lowest BCUT2D eigenvalue weighted by Gasteiger charge is -2.28. The molecular formula is C38H62N2O. The molecule has 0 atom stereocenters. The van der Waals surface area contributed by atoms with Crippen LogP contribution in [0.4, 0.5) is 0 Å². The number of hydrogen-bond donors (Lipinski definition) is 0. The standard InChI is InChI=1S/C38H62N2O/c1-3-5-7-9-11-13-14-16-19-33-22-24-34(25-23-33)21-18-30-41-37-28-26-36(27-29-37)38-39-31-35(32-40-38)20-17-15-12-10-8-6-4-2/h26-29,31-34H,3-25,30H2,1-2H3. The van der Waals surface area contributed by atoms with E-state index in [9.17, 15) is 0 Å². The first-order valence-corrected chi connectivity index (χ1v) is 17.8. The van der Waals surface area contributed by atoms with E-state index in [1.165, 1.54) is 147 Å². The van der Waals surface area contributed by atoms with Crippen LogP contribution in [0.25, 0.3) is 11.4 Å². The quantitative estimate of drug-likeness (QED) is 0.126. The Bertz CT molecular complexity index is 870. The van der Waals surface area contributed by atoms with E-state index in [4.69, 9.17) is 4.74 Å². The van der Waals surface area contributed by atoms with Crippen molar-refractivity contribution < 1.29 is 4.74 Å². The minimum atomic E-state index is 0.804. The van der Waals surface area contributed by atoms with Crippen LogP contribution in [0.1, 0.15) is 161 Å². The molecule has 1 fully saturated rings. The molecule has 0 amide bonds. The first kappa shape index (κ1) is 33.6. The van der Waals surface area contributed by atoms with Crippen molar-refractivity contribution in [1.82, 2.24) is 9.97 Å². The van der Waals surface area contributed by atoms with Crippen LogP contribution in [0.15, 0.2) is 36.7 Å². The number of benzene rings is 1. The van der Waals surface area contributed by atoms with Crippen LogP contribution >= 0.6 is 0 Å². The summed E-state index contributed by atoms with van der Waals surface area (Å²) in [4.78, 5) is 9.27. The minimum Gasteiger partial charge on any atom is -0.494 e. The first-order chi connectivity index (χ1) is 20.3. The predicted molar refractivity (Wildman–Crippen MR) is 177 cm³/mol. The Hall–Kier alpha value is -1.90. The van der Waals surface area contributed by atoms with E-state index in [-0.39, 0.29) is 0 Å². The Balaban J connectivity index is 1.21. The molecule has 1 aromatic heterocycles. The SMILES string of the molecule is CCCCCCCCCCC1CCC(CCCOc2ccc(-c3ncc(CCCCCCCCC)cn3)cc2)CC1. The summed E-state index contributed by atoms with van der Waals surface area (Å²) in [5.41, 5.74) is 2.31. The molecule has 3 nitrogen and oxygen atoms in total. The van der Waals surface area contributed by atoms with Crippen LogP contribution in [0, 0.1) is 11.8 Å². The molecule has 0 N–H and O–H groups in total. The Kier molecular flexibility index (Phi) is 17.8. The van der Waals surface area contributed by atoms with E-state index in [1.807, 2.05) is 12.4 Å². The van der Waals surface area contributed by atoms with E-state index < -0.39 is 0 Å². The van der Waals surface area contributed by atoms with Crippen LogP contribution in [-0.2, 0) is 6.42 Å². The molecule has 0 aliphatic heterocycles. The number of hydrogen-bond acceptors (Lipinski definition) is 3. The number of aromatic nitrogens is 2. The summed E-state index contributed by atoms with van der Waals surface area (Å²) in [7, 11) is 0. The van der Waals surface area contributed by atoms with Crippen LogP contribution in [0.2, 0.25) is 0 Å². The molecule has 3 rings (SSSR count). The van der Waals surface area contributed by atoms with Crippen molar-refractivity contribution in [3.05, 3.63) is 42.2 Å². The molecule has 1 aliphatic carbocycles. The summed E-state index contributed by atoms with van der Waals surface area (Å²) < 4.78 is 6.08. The summed E-state index contributed by atoms with van der Waals surface area (Å²) in [5.74, 6) is 3.68. The van der Waals surface area contributed by atoms with Crippen molar-refractivity contribution in [3.8, 4) is 17.1 Å². The highest BCUT2D eigenvalue weighted by atomic mass is 16.5. The van der Waals surface area contributed by atoms with Gasteiger partial charge in [0.15, 0.2) is 5.82 Å². The van der Waals surface area contributed by atoms with Gasteiger partial charge < -0.3 is 4.74 Å². The van der Waals surface area contributed by atoms with Crippen molar-refractivity contribution in [3.63, 3.8) is 0 Å². The molecule has 3 heteroatoms. The maximum atomic E-state index is 6.08. The van der Waals surface area contributed by atoms with Gasteiger partial charge in [-0.1, -0.05) is 136 Å². The van der Waals surface area contributed by atoms with Crippen LogP contribution in [0.5, 0.6) is 5.75 Å². The summed E-state index contributed by atoms with van der Waals surface area (Å²) in [6.07, 6.45) is 35.8. The second kappa shape index (κ2) is 21.8. The molecule has 0 spiro atoms. The lowest BCUT2D eigenvalue weighted by Crippen LogP contribution is -2.15. The summed E-state index contributed by atoms with van der Waals surface area (Å²) in [6, 6.07) is 8.33. The molecule has 1 aromatic carbocycles. The zero-order chi connectivity index (χ0) is 28.8. The molecule has 0 bridgehead atoms. The second-order valence-corrected chi connectivity index (χ2v) is 13.0. The van der Waals surface area contributed by atoms with Gasteiger partial charge in [-0.2, -0.15) is 0 Å². The van der Waals surface area contributed by atoms with E-state index >= 15 is 0 Å². The van der Waals surface area contributed by atoms with Gasteiger partial charge in [0.25, 0.3) is 0 Å². The normalized spacial score (nSPS) is 17.1. The molecular weight excluding hydrogens is 500 g/mol. The number of rotatable bonds is 23. The van der Waals surface area contributed by atoms with Gasteiger partial charge in [-0.3, -0.25) is 0 Å². The Morgan fingerprint density at radius 3 is 1.63 bits per heavy atom. The maximum absolute atomic E-state index is 6.08. The third-order valence-corrected chi connectivity index (χ3v) is 9.34. The van der Waals surface area contributed by atoms with Gasteiger partial charge in [-0.15, -0.1) is 0 Å². The Labute approximate surface area is 253 Å². The lowest BCUT2D eigenvalue weighted by molar-refractivity contribution is 0.228. The molecule has 1 aliphatic rings. The highest BCUT2D eigenvalue weighted by Gasteiger charge is 2.20. The number of unbranched alkanes of at least 4 members (excludes halogenated alkanes) is 13. The largest absolute Gasteiger partial charge is 0.494 e. The number of nitrogens with zero attached hydrogens (tertiary/aromatic N) is 2. The lowest BCUT2D eigenvalue weighted by atomic mass is 9.78.